The molecular formula is C20H30IN5S. The van der Waals surface area contributed by atoms with Gasteiger partial charge in [0, 0.05) is 58.1 Å². The summed E-state index contributed by atoms with van der Waals surface area (Å²) in [6, 6.07) is 8.51. The molecule has 0 saturated carbocycles. The molecule has 1 unspecified atom stereocenters. The lowest BCUT2D eigenvalue weighted by molar-refractivity contribution is 0.368. The van der Waals surface area contributed by atoms with Gasteiger partial charge in [0.05, 0.1) is 5.00 Å². The highest BCUT2D eigenvalue weighted by molar-refractivity contribution is 14.0. The topological polar surface area (TPSA) is 43.8 Å². The zero-order valence-electron chi connectivity index (χ0n) is 16.3. The zero-order valence-corrected chi connectivity index (χ0v) is 19.5. The van der Waals surface area contributed by atoms with Gasteiger partial charge in [0.15, 0.2) is 5.96 Å². The molecule has 0 aromatic carbocycles. The Morgan fingerprint density at radius 3 is 2.56 bits per heavy atom. The number of piperazine rings is 1. The quantitative estimate of drug-likeness (QED) is 0.385. The predicted octanol–water partition coefficient (Wildman–Crippen LogP) is 3.90. The van der Waals surface area contributed by atoms with E-state index in [4.69, 9.17) is 0 Å². The van der Waals surface area contributed by atoms with Gasteiger partial charge in [-0.25, -0.2) is 0 Å². The number of aromatic nitrogens is 1. The summed E-state index contributed by atoms with van der Waals surface area (Å²) in [6.07, 6.45) is 3.81. The first-order valence-electron chi connectivity index (χ1n) is 9.33. The lowest BCUT2D eigenvalue weighted by Gasteiger charge is -2.37. The predicted molar refractivity (Wildman–Crippen MR) is 127 cm³/mol. The van der Waals surface area contributed by atoms with Gasteiger partial charge >= 0.3 is 0 Å². The van der Waals surface area contributed by atoms with Crippen molar-refractivity contribution >= 4 is 46.3 Å². The number of nitrogens with zero attached hydrogens (tertiary/aromatic N) is 4. The minimum Gasteiger partial charge on any atom is -0.360 e. The lowest BCUT2D eigenvalue weighted by atomic mass is 9.89. The van der Waals surface area contributed by atoms with Gasteiger partial charge in [0.1, 0.15) is 0 Å². The Bertz CT molecular complexity index is 682. The Hall–Kier alpha value is -1.35. The number of hydrogen-bond acceptors (Lipinski definition) is 4. The molecular weight excluding hydrogens is 469 g/mol. The molecule has 1 aliphatic rings. The minimum atomic E-state index is 0. The molecule has 1 atom stereocenters. The van der Waals surface area contributed by atoms with Crippen molar-refractivity contribution in [1.29, 1.82) is 0 Å². The molecule has 0 spiro atoms. The summed E-state index contributed by atoms with van der Waals surface area (Å²) in [5.41, 5.74) is 1.29. The second-order valence-electron chi connectivity index (χ2n) is 6.99. The molecule has 27 heavy (non-hydrogen) atoms. The van der Waals surface area contributed by atoms with Gasteiger partial charge in [-0.05, 0) is 35.1 Å². The largest absolute Gasteiger partial charge is 0.360 e. The van der Waals surface area contributed by atoms with Crippen LogP contribution >= 0.6 is 35.3 Å². The average molecular weight is 499 g/mol. The third-order valence-corrected chi connectivity index (χ3v) is 5.94. The standard InChI is InChI=1S/C20H29N5S.HI/c1-16(2)18(17-6-4-8-22-14-17)15-23-20(21-3)25-11-9-24(10-12-25)19-7-5-13-26-19;/h4-8,13-14,16,18H,9-12,15H2,1-3H3,(H,21,23);1H. The van der Waals surface area contributed by atoms with Crippen molar-refractivity contribution in [2.75, 3.05) is 44.7 Å². The van der Waals surface area contributed by atoms with Gasteiger partial charge < -0.3 is 15.1 Å². The second-order valence-corrected chi connectivity index (χ2v) is 7.92. The van der Waals surface area contributed by atoms with Crippen molar-refractivity contribution in [3.63, 3.8) is 0 Å². The van der Waals surface area contributed by atoms with Crippen molar-refractivity contribution in [2.45, 2.75) is 19.8 Å². The van der Waals surface area contributed by atoms with Crippen molar-refractivity contribution in [2.24, 2.45) is 10.9 Å². The van der Waals surface area contributed by atoms with E-state index in [-0.39, 0.29) is 24.0 Å². The average Bonchev–Trinajstić information content (AvgIpc) is 3.21. The van der Waals surface area contributed by atoms with Crippen LogP contribution in [-0.2, 0) is 0 Å². The Morgan fingerprint density at radius 1 is 1.22 bits per heavy atom. The van der Waals surface area contributed by atoms with Crippen LogP contribution in [0.25, 0.3) is 0 Å². The Balaban J connectivity index is 0.00000261. The summed E-state index contributed by atoms with van der Waals surface area (Å²) in [4.78, 5) is 13.6. The monoisotopic (exact) mass is 499 g/mol. The minimum absolute atomic E-state index is 0. The first-order valence-corrected chi connectivity index (χ1v) is 10.2. The number of rotatable bonds is 5. The maximum absolute atomic E-state index is 4.52. The molecule has 3 rings (SSSR count). The normalized spacial score (nSPS) is 16.2. The van der Waals surface area contributed by atoms with Gasteiger partial charge in [0.2, 0.25) is 0 Å². The third kappa shape index (κ3) is 5.81. The second kappa shape index (κ2) is 10.8. The van der Waals surface area contributed by atoms with E-state index >= 15 is 0 Å². The fourth-order valence-electron chi connectivity index (χ4n) is 3.46. The van der Waals surface area contributed by atoms with E-state index in [9.17, 15) is 0 Å². The van der Waals surface area contributed by atoms with Gasteiger partial charge in [-0.1, -0.05) is 19.9 Å². The summed E-state index contributed by atoms with van der Waals surface area (Å²) < 4.78 is 0. The Kier molecular flexibility index (Phi) is 8.82. The van der Waals surface area contributed by atoms with E-state index in [0.29, 0.717) is 11.8 Å². The molecule has 0 aliphatic carbocycles. The van der Waals surface area contributed by atoms with Gasteiger partial charge in [-0.15, -0.1) is 35.3 Å². The van der Waals surface area contributed by atoms with Crippen LogP contribution in [0.15, 0.2) is 47.0 Å². The van der Waals surface area contributed by atoms with E-state index in [2.05, 4.69) is 62.5 Å². The highest BCUT2D eigenvalue weighted by Gasteiger charge is 2.22. The smallest absolute Gasteiger partial charge is 0.193 e. The molecule has 0 bridgehead atoms. The van der Waals surface area contributed by atoms with Crippen LogP contribution in [-0.4, -0.2) is 55.6 Å². The zero-order chi connectivity index (χ0) is 18.4. The fraction of sp³-hybridized carbons (Fsp3) is 0.500. The molecule has 1 aliphatic heterocycles. The number of pyridine rings is 1. The SMILES string of the molecule is CN=C(NCC(c1cccnc1)C(C)C)N1CCN(c2cccs2)CC1.I. The molecule has 1 saturated heterocycles. The summed E-state index contributed by atoms with van der Waals surface area (Å²) in [6.45, 7) is 9.48. The van der Waals surface area contributed by atoms with Crippen molar-refractivity contribution in [3.8, 4) is 0 Å². The van der Waals surface area contributed by atoms with Gasteiger partial charge in [0.25, 0.3) is 0 Å². The number of guanidine groups is 1. The van der Waals surface area contributed by atoms with Crippen molar-refractivity contribution < 1.29 is 0 Å². The van der Waals surface area contributed by atoms with E-state index in [1.165, 1.54) is 10.6 Å². The maximum Gasteiger partial charge on any atom is 0.193 e. The summed E-state index contributed by atoms with van der Waals surface area (Å²) in [5.74, 6) is 1.97. The van der Waals surface area contributed by atoms with Crippen LogP contribution in [0.5, 0.6) is 0 Å². The van der Waals surface area contributed by atoms with Crippen LogP contribution in [0.4, 0.5) is 5.00 Å². The molecule has 0 amide bonds. The number of nitrogens with one attached hydrogen (secondary N) is 1. The lowest BCUT2D eigenvalue weighted by Crippen LogP contribution is -2.53. The van der Waals surface area contributed by atoms with Gasteiger partial charge in [-0.2, -0.15) is 0 Å². The molecule has 0 radical (unpaired) electrons. The van der Waals surface area contributed by atoms with Crippen LogP contribution in [0, 0.1) is 5.92 Å². The van der Waals surface area contributed by atoms with Crippen molar-refractivity contribution in [1.82, 2.24) is 15.2 Å². The van der Waals surface area contributed by atoms with Crippen LogP contribution in [0.2, 0.25) is 0 Å². The maximum atomic E-state index is 4.52. The summed E-state index contributed by atoms with van der Waals surface area (Å²) in [7, 11) is 1.88. The van der Waals surface area contributed by atoms with Crippen LogP contribution < -0.4 is 10.2 Å². The molecule has 2 aromatic rings. The van der Waals surface area contributed by atoms with Crippen molar-refractivity contribution in [3.05, 3.63) is 47.6 Å². The highest BCUT2D eigenvalue weighted by atomic mass is 127. The molecule has 5 nitrogen and oxygen atoms in total. The van der Waals surface area contributed by atoms with E-state index in [1.54, 1.807) is 0 Å². The first kappa shape index (κ1) is 21.9. The molecule has 1 N–H and O–H groups in total. The molecule has 7 heteroatoms. The summed E-state index contributed by atoms with van der Waals surface area (Å²) >= 11 is 1.82. The van der Waals surface area contributed by atoms with Crippen LogP contribution in [0.1, 0.15) is 25.3 Å². The van der Waals surface area contributed by atoms with E-state index in [0.717, 1.165) is 38.7 Å². The first-order chi connectivity index (χ1) is 12.7. The number of halogens is 1. The number of thiophene rings is 1. The third-order valence-electron chi connectivity index (χ3n) is 5.01. The number of hydrogen-bond donors (Lipinski definition) is 1. The van der Waals surface area contributed by atoms with Crippen LogP contribution in [0.3, 0.4) is 0 Å². The number of anilines is 1. The highest BCUT2D eigenvalue weighted by Crippen LogP contribution is 2.24. The Morgan fingerprint density at radius 2 is 2.00 bits per heavy atom. The van der Waals surface area contributed by atoms with Gasteiger partial charge in [-0.3, -0.25) is 9.98 Å². The summed E-state index contributed by atoms with van der Waals surface area (Å²) in [5, 5.41) is 7.11. The number of aliphatic imine (C=N–C) groups is 1. The van der Waals surface area contributed by atoms with E-state index in [1.807, 2.05) is 36.8 Å². The molecule has 1 fully saturated rings. The molecule has 148 valence electrons. The molecule has 2 aromatic heterocycles. The van der Waals surface area contributed by atoms with E-state index < -0.39 is 0 Å². The Labute approximate surface area is 183 Å². The fourth-order valence-corrected chi connectivity index (χ4v) is 4.24. The molecule has 3 heterocycles.